The molecule has 0 aliphatic heterocycles. The molecule has 6 aromatic carbocycles. The highest BCUT2D eigenvalue weighted by Gasteiger charge is 2.19. The zero-order valence-electron chi connectivity index (χ0n) is 34.6. The van der Waals surface area contributed by atoms with Gasteiger partial charge in [0.15, 0.2) is 0 Å². The van der Waals surface area contributed by atoms with Crippen molar-refractivity contribution in [3.05, 3.63) is 145 Å². The van der Waals surface area contributed by atoms with Crippen molar-refractivity contribution in [2.24, 2.45) is 0 Å². The minimum absolute atomic E-state index is 0.0967. The lowest BCUT2D eigenvalue weighted by molar-refractivity contribution is 1.17. The average Bonchev–Trinajstić information content (AvgIpc) is 3.71. The van der Waals surface area contributed by atoms with E-state index >= 15 is 0 Å². The monoisotopic (exact) mass is 499 g/mol. The number of aromatic nitrogens is 2. The number of rotatable bonds is 3. The number of hydrogen-bond acceptors (Lipinski definition) is 0. The molecule has 0 N–H and O–H groups in total. The molecule has 0 saturated heterocycles. The van der Waals surface area contributed by atoms with Crippen molar-refractivity contribution in [1.29, 1.82) is 0 Å². The summed E-state index contributed by atoms with van der Waals surface area (Å²) >= 11 is 0. The molecule has 8 aromatic rings. The van der Waals surface area contributed by atoms with Crippen molar-refractivity contribution in [3.63, 3.8) is 0 Å². The Morgan fingerprint density at radius 2 is 1.03 bits per heavy atom. The summed E-state index contributed by atoms with van der Waals surface area (Å²) in [6.45, 7) is 0. The normalized spacial score (nSPS) is 17.2. The van der Waals surface area contributed by atoms with E-state index in [2.05, 4.69) is 0 Å². The van der Waals surface area contributed by atoms with Crippen LogP contribution in [0.5, 0.6) is 0 Å². The highest BCUT2D eigenvalue weighted by molar-refractivity contribution is 6.16. The van der Waals surface area contributed by atoms with Crippen LogP contribution in [0.3, 0.4) is 0 Å². The van der Waals surface area contributed by atoms with E-state index < -0.39 is 90.6 Å². The lowest BCUT2D eigenvalue weighted by Crippen LogP contribution is -1.96. The Morgan fingerprint density at radius 1 is 0.447 bits per heavy atom. The second kappa shape index (κ2) is 8.22. The fourth-order valence-corrected chi connectivity index (χ4v) is 5.08. The fraction of sp³-hybridized carbons (Fsp3) is 0. The van der Waals surface area contributed by atoms with Crippen LogP contribution in [0.15, 0.2) is 145 Å². The summed E-state index contributed by atoms with van der Waals surface area (Å²) in [5, 5.41) is -0.854. The summed E-state index contributed by atoms with van der Waals surface area (Å²) in [6, 6.07) is 6.93. The van der Waals surface area contributed by atoms with Gasteiger partial charge in [-0.2, -0.15) is 0 Å². The summed E-state index contributed by atoms with van der Waals surface area (Å²) in [5.74, 6) is 0. The van der Waals surface area contributed by atoms with Crippen molar-refractivity contribution in [1.82, 2.24) is 9.13 Å². The van der Waals surface area contributed by atoms with E-state index in [0.717, 1.165) is 15.7 Å². The molecule has 0 radical (unpaired) electrons. The first-order valence-corrected chi connectivity index (χ1v) is 11.8. The van der Waals surface area contributed by atoms with Gasteiger partial charge >= 0.3 is 0 Å². The largest absolute Gasteiger partial charge is 0.309 e. The Morgan fingerprint density at radius 3 is 1.74 bits per heavy atom. The smallest absolute Gasteiger partial charge is 0.0645 e. The number of fused-ring (bicyclic) bond motifs is 6. The quantitative estimate of drug-likeness (QED) is 0.229. The molecular formula is C36H24N2. The van der Waals surface area contributed by atoms with Gasteiger partial charge in [-0.05, 0) is 53.5 Å². The maximum atomic E-state index is 9.33. The molecule has 38 heavy (non-hydrogen) atoms. The van der Waals surface area contributed by atoms with Gasteiger partial charge in [0, 0.05) is 27.2 Å². The zero-order valence-corrected chi connectivity index (χ0v) is 19.6. The van der Waals surface area contributed by atoms with Crippen molar-refractivity contribution in [2.75, 3.05) is 0 Å². The fourth-order valence-electron chi connectivity index (χ4n) is 5.08. The second-order valence-electron chi connectivity index (χ2n) is 8.71. The molecule has 0 bridgehead atoms. The SMILES string of the molecule is [2H]c1c([2H])c([2H])c2c(c1[2H])c1c(-n3c4c([2H])c([2H])c([2H])c([2H])c4c4c([2H])c([2H])c([2H])c([2H])c43)c([2H])c([2H])c([2H])c1n2-c1cccc(-c2ccccc2)c1. The summed E-state index contributed by atoms with van der Waals surface area (Å²) in [6.07, 6.45) is 0. The summed E-state index contributed by atoms with van der Waals surface area (Å²) in [4.78, 5) is 0. The topological polar surface area (TPSA) is 9.86 Å². The van der Waals surface area contributed by atoms with Crippen molar-refractivity contribution in [3.8, 4) is 22.5 Å². The second-order valence-corrected chi connectivity index (χ2v) is 8.71. The van der Waals surface area contributed by atoms with Crippen LogP contribution in [-0.4, -0.2) is 9.13 Å². The molecule has 0 aliphatic rings. The van der Waals surface area contributed by atoms with Crippen molar-refractivity contribution < 1.29 is 20.6 Å². The van der Waals surface area contributed by atoms with E-state index in [1.807, 2.05) is 36.4 Å². The van der Waals surface area contributed by atoms with Gasteiger partial charge < -0.3 is 9.13 Å². The Bertz CT molecular complexity index is 2870. The third kappa shape index (κ3) is 3.01. The molecule has 2 nitrogen and oxygen atoms in total. The first-order chi connectivity index (χ1) is 25.1. The lowest BCUT2D eigenvalue weighted by Gasteiger charge is -2.12. The van der Waals surface area contributed by atoms with E-state index in [9.17, 15) is 2.74 Å². The van der Waals surface area contributed by atoms with Gasteiger partial charge in [-0.3, -0.25) is 0 Å². The molecule has 8 rings (SSSR count). The average molecular weight is 500 g/mol. The van der Waals surface area contributed by atoms with E-state index in [1.54, 1.807) is 18.2 Å². The molecule has 2 heterocycles. The maximum Gasteiger partial charge on any atom is 0.0645 e. The van der Waals surface area contributed by atoms with E-state index in [4.69, 9.17) is 17.8 Å². The summed E-state index contributed by atoms with van der Waals surface area (Å²) < 4.78 is 135. The Balaban J connectivity index is 1.71. The number of nitrogens with zero attached hydrogens (tertiary/aromatic N) is 2. The zero-order chi connectivity index (χ0) is 38.1. The third-order valence-electron chi connectivity index (χ3n) is 6.67. The predicted octanol–water partition coefficient (Wildman–Crippen LogP) is 9.55. The molecule has 0 spiro atoms. The van der Waals surface area contributed by atoms with Gasteiger partial charge in [0.1, 0.15) is 0 Å². The van der Waals surface area contributed by atoms with Crippen molar-refractivity contribution in [2.45, 2.75) is 0 Å². The standard InChI is InChI=1S/C36H24N2/c1-2-12-25(13-3-1)26-14-10-15-27(24-26)37-33-21-9-6-18-30(33)36-34(37)22-11-23-35(36)38-31-19-7-4-16-28(31)29-17-5-8-20-32(29)38/h1-24H/i4D,5D,6D,7D,8D,9D,11D,16D,17D,18D,19D,20D,21D,22D,23D. The van der Waals surface area contributed by atoms with Crippen LogP contribution >= 0.6 is 0 Å². The van der Waals surface area contributed by atoms with Crippen LogP contribution in [0, 0.1) is 0 Å². The van der Waals surface area contributed by atoms with Gasteiger partial charge in [0.25, 0.3) is 0 Å². The highest BCUT2D eigenvalue weighted by Crippen LogP contribution is 2.40. The van der Waals surface area contributed by atoms with Crippen LogP contribution < -0.4 is 0 Å². The summed E-state index contributed by atoms with van der Waals surface area (Å²) in [7, 11) is 0. The minimum atomic E-state index is -0.699. The Labute approximate surface area is 241 Å². The minimum Gasteiger partial charge on any atom is -0.309 e. The Kier molecular flexibility index (Phi) is 2.41. The van der Waals surface area contributed by atoms with Gasteiger partial charge in [-0.25, -0.2) is 0 Å². The van der Waals surface area contributed by atoms with Crippen LogP contribution in [0.2, 0.25) is 0 Å². The van der Waals surface area contributed by atoms with E-state index in [1.165, 1.54) is 4.57 Å². The number of para-hydroxylation sites is 3. The predicted molar refractivity (Wildman–Crippen MR) is 161 cm³/mol. The molecule has 2 heteroatoms. The highest BCUT2D eigenvalue weighted by atomic mass is 15.0. The molecule has 0 fully saturated rings. The molecule has 0 saturated carbocycles. The molecule has 2 aromatic heterocycles. The maximum absolute atomic E-state index is 9.33. The molecular weight excluding hydrogens is 460 g/mol. The lowest BCUT2D eigenvalue weighted by atomic mass is 10.1. The Hall–Kier alpha value is -5.08. The van der Waals surface area contributed by atoms with Crippen LogP contribution in [-0.2, 0) is 0 Å². The van der Waals surface area contributed by atoms with E-state index in [-0.39, 0.29) is 49.3 Å². The van der Waals surface area contributed by atoms with Crippen LogP contribution in [0.1, 0.15) is 20.6 Å². The summed E-state index contributed by atoms with van der Waals surface area (Å²) in [5.41, 5.74) is 0.652. The molecule has 0 atom stereocenters. The van der Waals surface area contributed by atoms with Gasteiger partial charge in [0.05, 0.1) is 48.3 Å². The van der Waals surface area contributed by atoms with Crippen LogP contribution in [0.4, 0.5) is 0 Å². The molecule has 0 unspecified atom stereocenters. The van der Waals surface area contributed by atoms with Gasteiger partial charge in [-0.15, -0.1) is 0 Å². The molecule has 0 amide bonds. The number of hydrogen-bond donors (Lipinski definition) is 0. The molecule has 178 valence electrons. The first kappa shape index (κ1) is 11.1. The van der Waals surface area contributed by atoms with E-state index in [0.29, 0.717) is 5.69 Å². The van der Waals surface area contributed by atoms with Gasteiger partial charge in [-0.1, -0.05) is 103 Å². The van der Waals surface area contributed by atoms with Crippen LogP contribution in [0.25, 0.3) is 66.1 Å². The van der Waals surface area contributed by atoms with Crippen molar-refractivity contribution >= 4 is 43.6 Å². The first-order valence-electron chi connectivity index (χ1n) is 19.3. The number of benzene rings is 6. The third-order valence-corrected chi connectivity index (χ3v) is 6.67. The van der Waals surface area contributed by atoms with Gasteiger partial charge in [0.2, 0.25) is 0 Å². The molecule has 0 aliphatic carbocycles.